The van der Waals surface area contributed by atoms with Crippen molar-refractivity contribution in [3.63, 3.8) is 0 Å². The van der Waals surface area contributed by atoms with Crippen LogP contribution in [0.1, 0.15) is 15.2 Å². The fourth-order valence-electron chi connectivity index (χ4n) is 2.24. The highest BCUT2D eigenvalue weighted by Gasteiger charge is 2.15. The first-order valence-corrected chi connectivity index (χ1v) is 8.96. The van der Waals surface area contributed by atoms with Gasteiger partial charge in [0.05, 0.1) is 5.69 Å². The van der Waals surface area contributed by atoms with E-state index in [2.05, 4.69) is 21.2 Å². The van der Waals surface area contributed by atoms with Crippen molar-refractivity contribution in [2.24, 2.45) is 0 Å². The lowest BCUT2D eigenvalue weighted by Crippen LogP contribution is -2.20. The Labute approximate surface area is 155 Å². The summed E-state index contributed by atoms with van der Waals surface area (Å²) in [5.74, 6) is -1.50. The average molecular weight is 422 g/mol. The van der Waals surface area contributed by atoms with Crippen molar-refractivity contribution >= 4 is 54.9 Å². The van der Waals surface area contributed by atoms with Crippen LogP contribution in [0.25, 0.3) is 10.1 Å². The minimum atomic E-state index is -0.654. The number of hydrogen-bond donors (Lipinski definition) is 1. The number of halogens is 2. The smallest absolute Gasteiger partial charge is 0.348 e. The van der Waals surface area contributed by atoms with Gasteiger partial charge in [-0.2, -0.15) is 0 Å². The zero-order valence-corrected chi connectivity index (χ0v) is 15.5. The van der Waals surface area contributed by atoms with Gasteiger partial charge < -0.3 is 10.1 Å². The number of anilines is 1. The quantitative estimate of drug-likeness (QED) is 0.609. The number of esters is 1. The first-order valence-electron chi connectivity index (χ1n) is 7.35. The number of hydrogen-bond acceptors (Lipinski definition) is 4. The Morgan fingerprint density at radius 3 is 2.76 bits per heavy atom. The molecule has 4 nitrogen and oxygen atoms in total. The maximum Gasteiger partial charge on any atom is 0.348 e. The zero-order chi connectivity index (χ0) is 18.0. The van der Waals surface area contributed by atoms with Gasteiger partial charge >= 0.3 is 5.97 Å². The molecule has 0 aliphatic heterocycles. The summed E-state index contributed by atoms with van der Waals surface area (Å²) >= 11 is 4.49. The van der Waals surface area contributed by atoms with E-state index in [1.54, 1.807) is 18.2 Å². The summed E-state index contributed by atoms with van der Waals surface area (Å²) < 4.78 is 20.1. The maximum atomic E-state index is 13.7. The van der Waals surface area contributed by atoms with Gasteiger partial charge in [0.15, 0.2) is 6.61 Å². The minimum Gasteiger partial charge on any atom is -0.451 e. The lowest BCUT2D eigenvalue weighted by Gasteiger charge is -2.08. The monoisotopic (exact) mass is 421 g/mol. The molecule has 25 heavy (non-hydrogen) atoms. The lowest BCUT2D eigenvalue weighted by molar-refractivity contribution is -0.119. The Hall–Kier alpha value is -2.25. The van der Waals surface area contributed by atoms with Gasteiger partial charge in [0, 0.05) is 14.6 Å². The van der Waals surface area contributed by atoms with E-state index in [1.807, 2.05) is 19.1 Å². The Morgan fingerprint density at radius 1 is 1.24 bits per heavy atom. The fraction of sp³-hybridized carbons (Fsp3) is 0.111. The zero-order valence-electron chi connectivity index (χ0n) is 13.1. The molecule has 1 heterocycles. The number of thiophene rings is 1. The largest absolute Gasteiger partial charge is 0.451 e. The van der Waals surface area contributed by atoms with Crippen LogP contribution in [-0.2, 0) is 9.53 Å². The number of fused-ring (bicyclic) bond motifs is 1. The van der Waals surface area contributed by atoms with Crippen LogP contribution in [0, 0.1) is 12.7 Å². The van der Waals surface area contributed by atoms with Crippen LogP contribution >= 0.6 is 27.3 Å². The van der Waals surface area contributed by atoms with Crippen LogP contribution in [0.2, 0.25) is 0 Å². The van der Waals surface area contributed by atoms with E-state index in [0.717, 1.165) is 21.4 Å². The normalized spacial score (nSPS) is 10.7. The van der Waals surface area contributed by atoms with Crippen LogP contribution < -0.4 is 5.32 Å². The molecule has 1 amide bonds. The summed E-state index contributed by atoms with van der Waals surface area (Å²) in [6.45, 7) is 1.52. The molecular formula is C18H13BrFNO3S. The molecule has 1 N–H and O–H groups in total. The van der Waals surface area contributed by atoms with Crippen LogP contribution in [0.15, 0.2) is 46.9 Å². The van der Waals surface area contributed by atoms with Crippen LogP contribution in [0.5, 0.6) is 0 Å². The number of nitrogens with one attached hydrogen (secondary N) is 1. The van der Waals surface area contributed by atoms with E-state index in [0.29, 0.717) is 15.8 Å². The molecule has 0 saturated heterocycles. The number of ether oxygens (including phenoxy) is 1. The summed E-state index contributed by atoms with van der Waals surface area (Å²) in [5.41, 5.74) is 1.64. The predicted molar refractivity (Wildman–Crippen MR) is 99.6 cm³/mol. The summed E-state index contributed by atoms with van der Waals surface area (Å²) in [6, 6.07) is 11.6. The molecule has 0 spiro atoms. The van der Waals surface area contributed by atoms with Crippen molar-refractivity contribution < 1.29 is 18.7 Å². The number of rotatable bonds is 4. The number of aryl methyl sites for hydroxylation is 1. The third-order valence-electron chi connectivity index (χ3n) is 3.44. The fourth-order valence-corrected chi connectivity index (χ4v) is 3.80. The lowest BCUT2D eigenvalue weighted by atomic mass is 10.2. The standard InChI is InChI=1S/C18H13BrFNO3S/c1-10-5-6-14(12(19)7-10)21-17(22)9-24-18(23)16-8-11-13(20)3-2-4-15(11)25-16/h2-8H,9H2,1H3,(H,21,22). The summed E-state index contributed by atoms with van der Waals surface area (Å²) in [5, 5.41) is 3.03. The highest BCUT2D eigenvalue weighted by atomic mass is 79.9. The molecule has 0 fully saturated rings. The van der Waals surface area contributed by atoms with Gasteiger partial charge in [0.2, 0.25) is 0 Å². The second-order valence-electron chi connectivity index (χ2n) is 5.37. The molecule has 3 aromatic rings. The van der Waals surface area contributed by atoms with Crippen molar-refractivity contribution in [3.8, 4) is 0 Å². The van der Waals surface area contributed by atoms with Crippen molar-refractivity contribution in [3.05, 3.63) is 63.2 Å². The van der Waals surface area contributed by atoms with E-state index in [4.69, 9.17) is 4.74 Å². The third kappa shape index (κ3) is 4.05. The Balaban J connectivity index is 1.63. The van der Waals surface area contributed by atoms with Crippen molar-refractivity contribution in [1.29, 1.82) is 0 Å². The van der Waals surface area contributed by atoms with Crippen LogP contribution in [0.3, 0.4) is 0 Å². The van der Waals surface area contributed by atoms with Gasteiger partial charge in [-0.15, -0.1) is 11.3 Å². The van der Waals surface area contributed by atoms with E-state index in [1.165, 1.54) is 12.1 Å². The number of carbonyl (C=O) groups is 2. The van der Waals surface area contributed by atoms with E-state index in [-0.39, 0.29) is 4.88 Å². The number of carbonyl (C=O) groups excluding carboxylic acids is 2. The first-order chi connectivity index (χ1) is 11.9. The molecule has 0 radical (unpaired) electrons. The molecule has 3 rings (SSSR count). The first kappa shape index (κ1) is 17.6. The molecule has 128 valence electrons. The summed E-state index contributed by atoms with van der Waals surface area (Å²) in [4.78, 5) is 24.3. The molecule has 0 aliphatic carbocycles. The molecule has 0 saturated carbocycles. The predicted octanol–water partition coefficient (Wildman–Crippen LogP) is 4.91. The topological polar surface area (TPSA) is 55.4 Å². The maximum absolute atomic E-state index is 13.7. The van der Waals surface area contributed by atoms with E-state index in [9.17, 15) is 14.0 Å². The molecule has 7 heteroatoms. The van der Waals surface area contributed by atoms with E-state index < -0.39 is 24.3 Å². The molecule has 0 aliphatic rings. The molecule has 0 unspecified atom stereocenters. The van der Waals surface area contributed by atoms with Gasteiger partial charge in [-0.25, -0.2) is 9.18 Å². The molecule has 2 aromatic carbocycles. The van der Waals surface area contributed by atoms with E-state index >= 15 is 0 Å². The van der Waals surface area contributed by atoms with Gasteiger partial charge in [-0.1, -0.05) is 12.1 Å². The van der Waals surface area contributed by atoms with Crippen molar-refractivity contribution in [2.45, 2.75) is 6.92 Å². The Kier molecular flexibility index (Phi) is 5.15. The van der Waals surface area contributed by atoms with Crippen molar-refractivity contribution in [2.75, 3.05) is 11.9 Å². The Bertz CT molecular complexity index is 970. The SMILES string of the molecule is Cc1ccc(NC(=O)COC(=O)c2cc3c(F)cccc3s2)c(Br)c1. The number of amides is 1. The van der Waals surface area contributed by atoms with Gasteiger partial charge in [-0.3, -0.25) is 4.79 Å². The molecule has 0 bridgehead atoms. The van der Waals surface area contributed by atoms with Gasteiger partial charge in [-0.05, 0) is 58.7 Å². The molecule has 1 aromatic heterocycles. The number of benzene rings is 2. The van der Waals surface area contributed by atoms with Crippen LogP contribution in [0.4, 0.5) is 10.1 Å². The second kappa shape index (κ2) is 7.33. The summed E-state index contributed by atoms with van der Waals surface area (Å²) in [7, 11) is 0. The van der Waals surface area contributed by atoms with Crippen molar-refractivity contribution in [1.82, 2.24) is 0 Å². The average Bonchev–Trinajstić information content (AvgIpc) is 3.01. The minimum absolute atomic E-state index is 0.254. The highest BCUT2D eigenvalue weighted by molar-refractivity contribution is 9.10. The molecular weight excluding hydrogens is 409 g/mol. The van der Waals surface area contributed by atoms with Crippen LogP contribution in [-0.4, -0.2) is 18.5 Å². The van der Waals surface area contributed by atoms with Gasteiger partial charge in [0.1, 0.15) is 10.7 Å². The summed E-state index contributed by atoms with van der Waals surface area (Å²) in [6.07, 6.45) is 0. The second-order valence-corrected chi connectivity index (χ2v) is 7.31. The third-order valence-corrected chi connectivity index (χ3v) is 5.18. The molecule has 0 atom stereocenters. The Morgan fingerprint density at radius 2 is 2.04 bits per heavy atom. The van der Waals surface area contributed by atoms with Gasteiger partial charge in [0.25, 0.3) is 5.91 Å². The highest BCUT2D eigenvalue weighted by Crippen LogP contribution is 2.28.